The lowest BCUT2D eigenvalue weighted by Gasteiger charge is -2.20. The standard InChI is InChI=1S/C30H38N4S3/c1-5-9-11-19(7-3)17-33-21-13-15-35-29(21)23-25-26(32-37-31-25)24-28(27(23)33)34(22-14-16-36-30(22)24)18-20(8-4)12-10-6-2/h13-16,19-20H,5-12,17-18H2,1-4H3. The first-order valence-electron chi connectivity index (χ1n) is 14.2. The van der Waals surface area contributed by atoms with E-state index in [1.807, 2.05) is 22.7 Å². The van der Waals surface area contributed by atoms with Gasteiger partial charge in [0.15, 0.2) is 0 Å². The van der Waals surface area contributed by atoms with Crippen LogP contribution >= 0.6 is 34.4 Å². The van der Waals surface area contributed by atoms with Crippen molar-refractivity contribution in [1.29, 1.82) is 0 Å². The number of fused-ring (bicyclic) bond motifs is 10. The Labute approximate surface area is 231 Å². The summed E-state index contributed by atoms with van der Waals surface area (Å²) in [5.74, 6) is 1.38. The lowest BCUT2D eigenvalue weighted by Crippen LogP contribution is -2.12. The minimum absolute atomic E-state index is 0.690. The van der Waals surface area contributed by atoms with Gasteiger partial charge in [0, 0.05) is 23.9 Å². The highest BCUT2D eigenvalue weighted by molar-refractivity contribution is 7.19. The molecule has 0 N–H and O–H groups in total. The van der Waals surface area contributed by atoms with Crippen molar-refractivity contribution < 1.29 is 0 Å². The Bertz CT molecular complexity index is 1540. The van der Waals surface area contributed by atoms with Crippen LogP contribution in [0.5, 0.6) is 0 Å². The molecule has 6 rings (SSSR count). The van der Waals surface area contributed by atoms with Gasteiger partial charge in [-0.05, 0) is 47.6 Å². The second-order valence-electron chi connectivity index (χ2n) is 10.7. The first-order chi connectivity index (χ1) is 18.2. The molecule has 1 aromatic carbocycles. The van der Waals surface area contributed by atoms with Crippen LogP contribution < -0.4 is 0 Å². The molecular formula is C30H38N4S3. The van der Waals surface area contributed by atoms with Gasteiger partial charge in [0.25, 0.3) is 0 Å². The smallest absolute Gasteiger partial charge is 0.116 e. The molecule has 5 aromatic heterocycles. The fourth-order valence-electron chi connectivity index (χ4n) is 6.31. The SMILES string of the molecule is CCCCC(CC)Cn1c2ccsc2c2c3nsnc3c3c4sccc4n(CC(CC)CCCC)c3c21. The highest BCUT2D eigenvalue weighted by atomic mass is 32.1. The zero-order valence-corrected chi connectivity index (χ0v) is 25.0. The fourth-order valence-corrected chi connectivity index (χ4v) is 8.75. The van der Waals surface area contributed by atoms with Gasteiger partial charge < -0.3 is 9.13 Å². The van der Waals surface area contributed by atoms with Crippen LogP contribution in [0.1, 0.15) is 79.1 Å². The monoisotopic (exact) mass is 550 g/mol. The van der Waals surface area contributed by atoms with Crippen LogP contribution in [0.2, 0.25) is 0 Å². The maximum Gasteiger partial charge on any atom is 0.116 e. The topological polar surface area (TPSA) is 35.6 Å². The van der Waals surface area contributed by atoms with Gasteiger partial charge in [-0.3, -0.25) is 0 Å². The van der Waals surface area contributed by atoms with Crippen molar-refractivity contribution in [3.63, 3.8) is 0 Å². The van der Waals surface area contributed by atoms with Gasteiger partial charge in [0.05, 0.1) is 43.2 Å². The highest BCUT2D eigenvalue weighted by Crippen LogP contribution is 2.47. The van der Waals surface area contributed by atoms with Crippen molar-refractivity contribution in [3.8, 4) is 0 Å². The minimum Gasteiger partial charge on any atom is -0.338 e. The Morgan fingerprint density at radius 1 is 0.703 bits per heavy atom. The molecule has 0 saturated carbocycles. The van der Waals surface area contributed by atoms with Crippen molar-refractivity contribution >= 4 is 87.7 Å². The first-order valence-corrected chi connectivity index (χ1v) is 16.7. The van der Waals surface area contributed by atoms with Gasteiger partial charge in [-0.15, -0.1) is 22.7 Å². The molecule has 0 fully saturated rings. The van der Waals surface area contributed by atoms with Crippen molar-refractivity contribution in [2.75, 3.05) is 0 Å². The summed E-state index contributed by atoms with van der Waals surface area (Å²) in [5.41, 5.74) is 7.77. The van der Waals surface area contributed by atoms with E-state index in [1.165, 1.54) is 105 Å². The summed E-state index contributed by atoms with van der Waals surface area (Å²) in [6.45, 7) is 11.5. The molecule has 7 heteroatoms. The Hall–Kier alpha value is -1.96. The summed E-state index contributed by atoms with van der Waals surface area (Å²) in [6, 6.07) is 4.69. The van der Waals surface area contributed by atoms with Gasteiger partial charge in [-0.25, -0.2) is 0 Å². The predicted molar refractivity (Wildman–Crippen MR) is 166 cm³/mol. The molecule has 0 aliphatic heterocycles. The molecule has 0 bridgehead atoms. The molecule has 5 heterocycles. The summed E-state index contributed by atoms with van der Waals surface area (Å²) in [5, 5.41) is 7.19. The molecule has 0 saturated heterocycles. The van der Waals surface area contributed by atoms with Crippen molar-refractivity contribution in [3.05, 3.63) is 22.9 Å². The summed E-state index contributed by atoms with van der Waals surface area (Å²) in [7, 11) is 0. The molecule has 0 spiro atoms. The number of nitrogens with zero attached hydrogens (tertiary/aromatic N) is 4. The zero-order chi connectivity index (χ0) is 25.5. The number of benzene rings is 1. The maximum absolute atomic E-state index is 4.93. The Kier molecular flexibility index (Phi) is 7.30. The van der Waals surface area contributed by atoms with Crippen molar-refractivity contribution in [2.24, 2.45) is 11.8 Å². The van der Waals surface area contributed by atoms with Gasteiger partial charge in [0.2, 0.25) is 0 Å². The second kappa shape index (κ2) is 10.7. The molecule has 2 unspecified atom stereocenters. The van der Waals surface area contributed by atoms with E-state index >= 15 is 0 Å². The maximum atomic E-state index is 4.93. The minimum atomic E-state index is 0.690. The van der Waals surface area contributed by atoms with Gasteiger partial charge in [-0.1, -0.05) is 66.2 Å². The molecule has 0 radical (unpaired) electrons. The number of hydrogen-bond acceptors (Lipinski definition) is 5. The van der Waals surface area contributed by atoms with Crippen LogP contribution in [0.15, 0.2) is 22.9 Å². The molecule has 6 aromatic rings. The molecule has 4 nitrogen and oxygen atoms in total. The van der Waals surface area contributed by atoms with E-state index in [9.17, 15) is 0 Å². The molecule has 37 heavy (non-hydrogen) atoms. The van der Waals surface area contributed by atoms with E-state index in [4.69, 9.17) is 8.75 Å². The molecular weight excluding hydrogens is 513 g/mol. The van der Waals surface area contributed by atoms with Gasteiger partial charge >= 0.3 is 0 Å². The number of hydrogen-bond donors (Lipinski definition) is 0. The van der Waals surface area contributed by atoms with E-state index < -0.39 is 0 Å². The number of aromatic nitrogens is 4. The summed E-state index contributed by atoms with van der Waals surface area (Å²) < 4.78 is 18.0. The first kappa shape index (κ1) is 25.3. The average Bonchev–Trinajstić information content (AvgIpc) is 3.72. The van der Waals surface area contributed by atoms with Crippen molar-refractivity contribution in [2.45, 2.75) is 92.2 Å². The number of thiophene rings is 2. The molecule has 196 valence electrons. The lowest BCUT2D eigenvalue weighted by atomic mass is 9.99. The van der Waals surface area contributed by atoms with E-state index in [1.54, 1.807) is 0 Å². The van der Waals surface area contributed by atoms with E-state index in [-0.39, 0.29) is 0 Å². The quantitative estimate of drug-likeness (QED) is 0.152. The third-order valence-corrected chi connectivity index (χ3v) is 10.9. The largest absolute Gasteiger partial charge is 0.338 e. The summed E-state index contributed by atoms with van der Waals surface area (Å²) in [4.78, 5) is 0. The van der Waals surface area contributed by atoms with Crippen LogP contribution in [-0.4, -0.2) is 17.9 Å². The molecule has 2 atom stereocenters. The van der Waals surface area contributed by atoms with Crippen LogP contribution in [0.4, 0.5) is 0 Å². The van der Waals surface area contributed by atoms with Gasteiger partial charge in [-0.2, -0.15) is 8.75 Å². The van der Waals surface area contributed by atoms with E-state index in [2.05, 4.69) is 59.7 Å². The summed E-state index contributed by atoms with van der Waals surface area (Å²) in [6.07, 6.45) is 10.2. The second-order valence-corrected chi connectivity index (χ2v) is 13.1. The fraction of sp³-hybridized carbons (Fsp3) is 0.533. The van der Waals surface area contributed by atoms with Crippen LogP contribution in [0, 0.1) is 11.8 Å². The number of rotatable bonds is 12. The molecule has 0 amide bonds. The van der Waals surface area contributed by atoms with E-state index in [0.29, 0.717) is 11.8 Å². The number of unbranched alkanes of at least 4 members (excludes halogenated alkanes) is 2. The Morgan fingerprint density at radius 2 is 1.16 bits per heavy atom. The Balaban J connectivity index is 1.69. The molecule has 0 aliphatic carbocycles. The Morgan fingerprint density at radius 3 is 1.57 bits per heavy atom. The highest BCUT2D eigenvalue weighted by Gasteiger charge is 2.27. The lowest BCUT2D eigenvalue weighted by molar-refractivity contribution is 0.398. The molecule has 0 aliphatic rings. The predicted octanol–water partition coefficient (Wildman–Crippen LogP) is 10.5. The average molecular weight is 551 g/mol. The van der Waals surface area contributed by atoms with Crippen LogP contribution in [0.3, 0.4) is 0 Å². The third kappa shape index (κ3) is 4.12. The zero-order valence-electron chi connectivity index (χ0n) is 22.5. The normalized spacial score (nSPS) is 14.3. The summed E-state index contributed by atoms with van der Waals surface area (Å²) >= 11 is 5.11. The van der Waals surface area contributed by atoms with Crippen molar-refractivity contribution in [1.82, 2.24) is 17.9 Å². The third-order valence-electron chi connectivity index (χ3n) is 8.49. The van der Waals surface area contributed by atoms with Crippen LogP contribution in [-0.2, 0) is 13.1 Å². The van der Waals surface area contributed by atoms with Crippen LogP contribution in [0.25, 0.3) is 53.3 Å². The van der Waals surface area contributed by atoms with Gasteiger partial charge in [0.1, 0.15) is 11.0 Å². The van der Waals surface area contributed by atoms with E-state index in [0.717, 1.165) is 24.1 Å².